The number of allylic oxidation sites excluding steroid dienone is 1. The van der Waals surface area contributed by atoms with Gasteiger partial charge < -0.3 is 0 Å². The summed E-state index contributed by atoms with van der Waals surface area (Å²) in [5.74, 6) is -0.00404. The van der Waals surface area contributed by atoms with E-state index in [0.717, 1.165) is 18.4 Å². The second-order valence-electron chi connectivity index (χ2n) is 5.80. The van der Waals surface area contributed by atoms with Crippen molar-refractivity contribution in [3.8, 4) is 0 Å². The highest BCUT2D eigenvalue weighted by Crippen LogP contribution is 2.38. The van der Waals surface area contributed by atoms with Gasteiger partial charge in [-0.25, -0.2) is 4.39 Å². The molecule has 112 valence electrons. The minimum Gasteiger partial charge on any atom is -0.289 e. The molecule has 0 N–H and O–H groups in total. The Morgan fingerprint density at radius 3 is 2.64 bits per heavy atom. The maximum Gasteiger partial charge on any atom is 0.189 e. The Morgan fingerprint density at radius 1 is 1.14 bits per heavy atom. The predicted octanol–water partition coefficient (Wildman–Crippen LogP) is 5.38. The summed E-state index contributed by atoms with van der Waals surface area (Å²) in [7, 11) is 0. The SMILES string of the molecule is CCCC1CC(C(=O)c2ccccc2)=Cc2c(F)cccc21. The number of carbonyl (C=O) groups excluding carboxylic acids is 1. The third-order valence-corrected chi connectivity index (χ3v) is 4.28. The van der Waals surface area contributed by atoms with E-state index in [-0.39, 0.29) is 17.5 Å². The van der Waals surface area contributed by atoms with Gasteiger partial charge in [0.1, 0.15) is 5.82 Å². The van der Waals surface area contributed by atoms with Crippen molar-refractivity contribution in [3.63, 3.8) is 0 Å². The fourth-order valence-corrected chi connectivity index (χ4v) is 3.21. The molecular weight excluding hydrogens is 275 g/mol. The number of fused-ring (bicyclic) bond motifs is 1. The Hall–Kier alpha value is -2.22. The zero-order chi connectivity index (χ0) is 15.5. The molecule has 0 saturated carbocycles. The highest BCUT2D eigenvalue weighted by Gasteiger charge is 2.26. The summed E-state index contributed by atoms with van der Waals surface area (Å²) >= 11 is 0. The van der Waals surface area contributed by atoms with Crippen LogP contribution in [-0.2, 0) is 0 Å². The van der Waals surface area contributed by atoms with E-state index in [9.17, 15) is 9.18 Å². The standard InChI is InChI=1S/C20H19FO/c1-2-7-15-12-16(20(22)14-8-4-3-5-9-14)13-18-17(15)10-6-11-19(18)21/h3-6,8-11,13,15H,2,7,12H2,1H3. The third kappa shape index (κ3) is 2.74. The van der Waals surface area contributed by atoms with Gasteiger partial charge >= 0.3 is 0 Å². The Morgan fingerprint density at radius 2 is 1.91 bits per heavy atom. The van der Waals surface area contributed by atoms with E-state index in [0.29, 0.717) is 23.1 Å². The number of halogens is 1. The average molecular weight is 294 g/mol. The van der Waals surface area contributed by atoms with E-state index in [4.69, 9.17) is 0 Å². The van der Waals surface area contributed by atoms with Gasteiger partial charge in [0.05, 0.1) is 0 Å². The lowest BCUT2D eigenvalue weighted by molar-refractivity contribution is 0.103. The summed E-state index contributed by atoms with van der Waals surface area (Å²) in [5.41, 5.74) is 3.00. The van der Waals surface area contributed by atoms with E-state index >= 15 is 0 Å². The number of benzene rings is 2. The van der Waals surface area contributed by atoms with Crippen LogP contribution in [0.15, 0.2) is 54.1 Å². The molecule has 2 heteroatoms. The summed E-state index contributed by atoms with van der Waals surface area (Å²) in [6, 6.07) is 14.4. The van der Waals surface area contributed by atoms with Crippen molar-refractivity contribution in [2.75, 3.05) is 0 Å². The molecule has 22 heavy (non-hydrogen) atoms. The van der Waals surface area contributed by atoms with Gasteiger partial charge in [0.15, 0.2) is 5.78 Å². The van der Waals surface area contributed by atoms with E-state index in [2.05, 4.69) is 6.92 Å². The summed E-state index contributed by atoms with van der Waals surface area (Å²) in [5, 5.41) is 0. The average Bonchev–Trinajstić information content (AvgIpc) is 2.56. The van der Waals surface area contributed by atoms with Gasteiger partial charge in [0, 0.05) is 16.7 Å². The summed E-state index contributed by atoms with van der Waals surface area (Å²) in [4.78, 5) is 12.7. The number of carbonyl (C=O) groups is 1. The summed E-state index contributed by atoms with van der Waals surface area (Å²) < 4.78 is 14.2. The Labute approximate surface area is 130 Å². The van der Waals surface area contributed by atoms with Crippen molar-refractivity contribution in [2.45, 2.75) is 32.1 Å². The molecule has 1 unspecified atom stereocenters. The van der Waals surface area contributed by atoms with Crippen LogP contribution in [0.2, 0.25) is 0 Å². The number of ketones is 1. The Balaban J connectivity index is 2.03. The van der Waals surface area contributed by atoms with Crippen LogP contribution in [0.3, 0.4) is 0 Å². The number of rotatable bonds is 4. The molecule has 0 heterocycles. The van der Waals surface area contributed by atoms with Crippen LogP contribution in [0, 0.1) is 5.82 Å². The van der Waals surface area contributed by atoms with Gasteiger partial charge in [-0.05, 0) is 36.5 Å². The maximum atomic E-state index is 14.2. The molecule has 3 rings (SSSR count). The minimum atomic E-state index is -0.239. The molecule has 1 aliphatic carbocycles. The molecule has 0 aliphatic heterocycles. The molecule has 1 aliphatic rings. The minimum absolute atomic E-state index is 0.00982. The van der Waals surface area contributed by atoms with Crippen molar-refractivity contribution in [1.82, 2.24) is 0 Å². The largest absolute Gasteiger partial charge is 0.289 e. The van der Waals surface area contributed by atoms with E-state index in [1.54, 1.807) is 12.1 Å². The van der Waals surface area contributed by atoms with Crippen LogP contribution in [0.5, 0.6) is 0 Å². The molecule has 0 fully saturated rings. The van der Waals surface area contributed by atoms with Gasteiger partial charge in [0.25, 0.3) is 0 Å². The third-order valence-electron chi connectivity index (χ3n) is 4.28. The molecule has 2 aromatic rings. The zero-order valence-electron chi connectivity index (χ0n) is 12.7. The fourth-order valence-electron chi connectivity index (χ4n) is 3.21. The van der Waals surface area contributed by atoms with Crippen molar-refractivity contribution < 1.29 is 9.18 Å². The van der Waals surface area contributed by atoms with Crippen LogP contribution in [-0.4, -0.2) is 5.78 Å². The molecule has 0 amide bonds. The molecule has 1 nitrogen and oxygen atoms in total. The number of hydrogen-bond acceptors (Lipinski definition) is 1. The Bertz CT molecular complexity index is 716. The van der Waals surface area contributed by atoms with Crippen molar-refractivity contribution in [2.24, 2.45) is 0 Å². The molecule has 0 bridgehead atoms. The highest BCUT2D eigenvalue weighted by atomic mass is 19.1. The quantitative estimate of drug-likeness (QED) is 0.692. The summed E-state index contributed by atoms with van der Waals surface area (Å²) in [6.07, 6.45) is 4.42. The van der Waals surface area contributed by atoms with E-state index < -0.39 is 0 Å². The molecule has 0 spiro atoms. The van der Waals surface area contributed by atoms with Gasteiger partial charge in [-0.15, -0.1) is 0 Å². The van der Waals surface area contributed by atoms with Crippen molar-refractivity contribution >= 4 is 11.9 Å². The topological polar surface area (TPSA) is 17.1 Å². The Kier molecular flexibility index (Phi) is 4.19. The van der Waals surface area contributed by atoms with E-state index in [1.807, 2.05) is 36.4 Å². The molecular formula is C20H19FO. The van der Waals surface area contributed by atoms with Crippen LogP contribution in [0.1, 0.15) is 53.6 Å². The van der Waals surface area contributed by atoms with Gasteiger partial charge in [0.2, 0.25) is 0 Å². The van der Waals surface area contributed by atoms with Crippen molar-refractivity contribution in [3.05, 3.63) is 76.6 Å². The second kappa shape index (κ2) is 6.27. The first-order valence-electron chi connectivity index (χ1n) is 7.79. The van der Waals surface area contributed by atoms with Crippen LogP contribution in [0.25, 0.3) is 6.08 Å². The lowest BCUT2D eigenvalue weighted by atomic mass is 9.79. The summed E-state index contributed by atoms with van der Waals surface area (Å²) in [6.45, 7) is 2.12. The van der Waals surface area contributed by atoms with E-state index in [1.165, 1.54) is 6.07 Å². The van der Waals surface area contributed by atoms with Gasteiger partial charge in [-0.3, -0.25) is 4.79 Å². The predicted molar refractivity (Wildman–Crippen MR) is 87.4 cm³/mol. The fraction of sp³-hybridized carbons (Fsp3) is 0.250. The van der Waals surface area contributed by atoms with Crippen molar-refractivity contribution in [1.29, 1.82) is 0 Å². The molecule has 0 radical (unpaired) electrons. The molecule has 0 aromatic heterocycles. The first kappa shape index (κ1) is 14.7. The van der Waals surface area contributed by atoms with Gasteiger partial charge in [-0.1, -0.05) is 55.8 Å². The zero-order valence-corrected chi connectivity index (χ0v) is 12.7. The van der Waals surface area contributed by atoms with Crippen LogP contribution >= 0.6 is 0 Å². The lowest BCUT2D eigenvalue weighted by Crippen LogP contribution is -2.14. The number of hydrogen-bond donors (Lipinski definition) is 0. The second-order valence-corrected chi connectivity index (χ2v) is 5.80. The molecule has 2 aromatic carbocycles. The van der Waals surface area contributed by atoms with Gasteiger partial charge in [-0.2, -0.15) is 0 Å². The molecule has 1 atom stereocenters. The maximum absolute atomic E-state index is 14.2. The monoisotopic (exact) mass is 294 g/mol. The highest BCUT2D eigenvalue weighted by molar-refractivity contribution is 6.11. The first-order valence-corrected chi connectivity index (χ1v) is 7.79. The number of Topliss-reactive ketones (excluding diaryl/α,β-unsaturated/α-hetero) is 1. The van der Waals surface area contributed by atoms with Crippen LogP contribution < -0.4 is 0 Å². The normalized spacial score (nSPS) is 16.8. The first-order chi connectivity index (χ1) is 10.7. The molecule has 0 saturated heterocycles. The smallest absolute Gasteiger partial charge is 0.189 e. The lowest BCUT2D eigenvalue weighted by Gasteiger charge is -2.25. The van der Waals surface area contributed by atoms with Crippen LogP contribution in [0.4, 0.5) is 4.39 Å².